The molecule has 1 fully saturated rings. The molecule has 4 rings (SSSR count). The van der Waals surface area contributed by atoms with Crippen molar-refractivity contribution in [2.75, 3.05) is 6.54 Å². The maximum absolute atomic E-state index is 5.71. The molecule has 0 bridgehead atoms. The molecule has 1 aliphatic heterocycles. The smallest absolute Gasteiger partial charge is 0.137 e. The summed E-state index contributed by atoms with van der Waals surface area (Å²) in [4.78, 5) is 7.34. The zero-order valence-corrected chi connectivity index (χ0v) is 13.6. The minimum absolute atomic E-state index is 0.374. The third kappa shape index (κ3) is 2.91. The van der Waals surface area contributed by atoms with E-state index in [1.165, 1.54) is 31.4 Å². The van der Waals surface area contributed by atoms with Gasteiger partial charge in [0.15, 0.2) is 0 Å². The second-order valence-corrected chi connectivity index (χ2v) is 6.48. The van der Waals surface area contributed by atoms with E-state index in [-0.39, 0.29) is 0 Å². The molecule has 0 radical (unpaired) electrons. The van der Waals surface area contributed by atoms with Gasteiger partial charge in [0, 0.05) is 18.4 Å². The molecule has 0 N–H and O–H groups in total. The molecule has 3 aromatic heterocycles. The quantitative estimate of drug-likeness (QED) is 0.721. The molecule has 0 aliphatic carbocycles. The Morgan fingerprint density at radius 3 is 2.96 bits per heavy atom. The molecule has 120 valence electrons. The van der Waals surface area contributed by atoms with E-state index >= 15 is 0 Å². The van der Waals surface area contributed by atoms with Crippen molar-refractivity contribution in [3.05, 3.63) is 59.9 Å². The van der Waals surface area contributed by atoms with E-state index in [2.05, 4.69) is 46.7 Å². The first-order valence-corrected chi connectivity index (χ1v) is 8.52. The molecule has 1 saturated heterocycles. The summed E-state index contributed by atoms with van der Waals surface area (Å²) in [7, 11) is 0. The van der Waals surface area contributed by atoms with Crippen LogP contribution in [0.3, 0.4) is 0 Å². The number of hydrogen-bond donors (Lipinski definition) is 0. The highest BCUT2D eigenvalue weighted by atomic mass is 16.3. The zero-order chi connectivity index (χ0) is 15.6. The number of aromatic nitrogens is 2. The largest absolute Gasteiger partial charge is 0.468 e. The van der Waals surface area contributed by atoms with Crippen LogP contribution in [0.15, 0.2) is 47.2 Å². The number of pyridine rings is 1. The van der Waals surface area contributed by atoms with Crippen LogP contribution < -0.4 is 0 Å². The first-order valence-electron chi connectivity index (χ1n) is 8.52. The highest BCUT2D eigenvalue weighted by Gasteiger charge is 2.25. The van der Waals surface area contributed by atoms with Gasteiger partial charge in [0.25, 0.3) is 0 Å². The van der Waals surface area contributed by atoms with Crippen LogP contribution in [-0.2, 0) is 6.54 Å². The Bertz CT molecular complexity index is 775. The van der Waals surface area contributed by atoms with Crippen LogP contribution in [-0.4, -0.2) is 20.8 Å². The second-order valence-electron chi connectivity index (χ2n) is 6.48. The van der Waals surface area contributed by atoms with Crippen molar-refractivity contribution in [3.63, 3.8) is 0 Å². The summed E-state index contributed by atoms with van der Waals surface area (Å²) in [5.41, 5.74) is 3.39. The molecule has 1 unspecified atom stereocenters. The van der Waals surface area contributed by atoms with Crippen molar-refractivity contribution < 1.29 is 4.42 Å². The van der Waals surface area contributed by atoms with Gasteiger partial charge in [-0.15, -0.1) is 0 Å². The topological polar surface area (TPSA) is 33.7 Å². The molecule has 4 heterocycles. The molecule has 4 heteroatoms. The number of rotatable bonds is 3. The van der Waals surface area contributed by atoms with Crippen LogP contribution in [0, 0.1) is 6.92 Å². The van der Waals surface area contributed by atoms with Gasteiger partial charge in [0.1, 0.15) is 11.4 Å². The van der Waals surface area contributed by atoms with E-state index in [0.717, 1.165) is 30.2 Å². The lowest BCUT2D eigenvalue weighted by molar-refractivity contribution is 0.168. The van der Waals surface area contributed by atoms with Crippen molar-refractivity contribution in [1.29, 1.82) is 0 Å². The zero-order valence-electron chi connectivity index (χ0n) is 13.6. The van der Waals surface area contributed by atoms with Gasteiger partial charge in [0.05, 0.1) is 18.0 Å². The fraction of sp³-hybridized carbons (Fsp3) is 0.421. The summed E-state index contributed by atoms with van der Waals surface area (Å²) in [5, 5.41) is 0. The van der Waals surface area contributed by atoms with E-state index in [0.29, 0.717) is 6.04 Å². The molecule has 0 spiro atoms. The molecule has 0 amide bonds. The predicted molar refractivity (Wildman–Crippen MR) is 90.3 cm³/mol. The summed E-state index contributed by atoms with van der Waals surface area (Å²) in [6.07, 6.45) is 8.95. The first kappa shape index (κ1) is 14.5. The fourth-order valence-electron chi connectivity index (χ4n) is 3.64. The Morgan fingerprint density at radius 1 is 1.17 bits per heavy atom. The molecule has 3 aromatic rings. The normalized spacial score (nSPS) is 20.0. The Morgan fingerprint density at radius 2 is 2.13 bits per heavy atom. The van der Waals surface area contributed by atoms with E-state index in [9.17, 15) is 0 Å². The van der Waals surface area contributed by atoms with Crippen molar-refractivity contribution in [1.82, 2.24) is 14.3 Å². The van der Waals surface area contributed by atoms with Crippen molar-refractivity contribution >= 4 is 5.65 Å². The van der Waals surface area contributed by atoms with Crippen LogP contribution in [0.4, 0.5) is 0 Å². The number of nitrogens with zero attached hydrogens (tertiary/aromatic N) is 3. The SMILES string of the molecule is Cc1cccc2nc(CN3CCCCCC3c3ccco3)cn12. The summed E-state index contributed by atoms with van der Waals surface area (Å²) < 4.78 is 7.88. The van der Waals surface area contributed by atoms with Crippen LogP contribution in [0.25, 0.3) is 5.65 Å². The molecule has 23 heavy (non-hydrogen) atoms. The predicted octanol–water partition coefficient (Wildman–Crippen LogP) is 4.35. The molecule has 1 atom stereocenters. The Balaban J connectivity index is 1.62. The molecular formula is C19H23N3O. The standard InChI is InChI=1S/C19H23N3O/c1-15-7-5-10-19-20-16(14-22(15)19)13-21-11-4-2-3-8-17(21)18-9-6-12-23-18/h5-7,9-10,12,14,17H,2-4,8,11,13H2,1H3. The molecular weight excluding hydrogens is 286 g/mol. The van der Waals surface area contributed by atoms with E-state index < -0.39 is 0 Å². The summed E-state index contributed by atoms with van der Waals surface area (Å²) in [6.45, 7) is 4.11. The van der Waals surface area contributed by atoms with Gasteiger partial charge in [-0.25, -0.2) is 4.98 Å². The summed E-state index contributed by atoms with van der Waals surface area (Å²) in [5.74, 6) is 1.09. The minimum atomic E-state index is 0.374. The Hall–Kier alpha value is -2.07. The average Bonchev–Trinajstić information content (AvgIpc) is 3.15. The molecule has 1 aliphatic rings. The maximum Gasteiger partial charge on any atom is 0.137 e. The second kappa shape index (κ2) is 6.20. The third-order valence-electron chi connectivity index (χ3n) is 4.85. The molecule has 0 saturated carbocycles. The Labute approximate surface area is 136 Å². The van der Waals surface area contributed by atoms with Gasteiger partial charge < -0.3 is 8.82 Å². The first-order chi connectivity index (χ1) is 11.3. The van der Waals surface area contributed by atoms with Crippen molar-refractivity contribution in [2.45, 2.75) is 45.2 Å². The summed E-state index contributed by atoms with van der Waals surface area (Å²) >= 11 is 0. The van der Waals surface area contributed by atoms with E-state index in [4.69, 9.17) is 9.40 Å². The van der Waals surface area contributed by atoms with Gasteiger partial charge in [0.2, 0.25) is 0 Å². The lowest BCUT2D eigenvalue weighted by atomic mass is 10.1. The molecule has 0 aromatic carbocycles. The number of aryl methyl sites for hydroxylation is 1. The number of furan rings is 1. The number of likely N-dealkylation sites (tertiary alicyclic amines) is 1. The van der Waals surface area contributed by atoms with Gasteiger partial charge in [-0.3, -0.25) is 4.90 Å². The van der Waals surface area contributed by atoms with Gasteiger partial charge in [-0.1, -0.05) is 18.9 Å². The highest BCUT2D eigenvalue weighted by Crippen LogP contribution is 2.31. The van der Waals surface area contributed by atoms with E-state index in [1.807, 2.05) is 6.07 Å². The van der Waals surface area contributed by atoms with E-state index in [1.54, 1.807) is 6.26 Å². The average molecular weight is 309 g/mol. The number of hydrogen-bond acceptors (Lipinski definition) is 3. The molecule has 4 nitrogen and oxygen atoms in total. The lowest BCUT2D eigenvalue weighted by Gasteiger charge is -2.27. The minimum Gasteiger partial charge on any atom is -0.468 e. The van der Waals surface area contributed by atoms with Crippen molar-refractivity contribution in [2.24, 2.45) is 0 Å². The number of imidazole rings is 1. The van der Waals surface area contributed by atoms with Crippen LogP contribution in [0.1, 0.15) is 48.9 Å². The van der Waals surface area contributed by atoms with Crippen molar-refractivity contribution in [3.8, 4) is 0 Å². The third-order valence-corrected chi connectivity index (χ3v) is 4.85. The summed E-state index contributed by atoms with van der Waals surface area (Å²) in [6, 6.07) is 10.7. The van der Waals surface area contributed by atoms with Gasteiger partial charge in [-0.05, 0) is 50.6 Å². The van der Waals surface area contributed by atoms with Crippen LogP contribution >= 0.6 is 0 Å². The van der Waals surface area contributed by atoms with Crippen LogP contribution in [0.2, 0.25) is 0 Å². The monoisotopic (exact) mass is 309 g/mol. The Kier molecular flexibility index (Phi) is 3.92. The van der Waals surface area contributed by atoms with Gasteiger partial charge >= 0.3 is 0 Å². The van der Waals surface area contributed by atoms with Crippen LogP contribution in [0.5, 0.6) is 0 Å². The highest BCUT2D eigenvalue weighted by molar-refractivity contribution is 5.41. The fourth-order valence-corrected chi connectivity index (χ4v) is 3.64. The lowest BCUT2D eigenvalue weighted by Crippen LogP contribution is -2.28. The van der Waals surface area contributed by atoms with Gasteiger partial charge in [-0.2, -0.15) is 0 Å². The maximum atomic E-state index is 5.71. The number of fused-ring (bicyclic) bond motifs is 1.